The number of fused-ring (bicyclic) bond motifs is 1. The van der Waals surface area contributed by atoms with Crippen LogP contribution in [0, 0.1) is 12.8 Å². The number of benzene rings is 2. The molecule has 2 atom stereocenters. The predicted molar refractivity (Wildman–Crippen MR) is 143 cm³/mol. The van der Waals surface area contributed by atoms with E-state index in [1.165, 1.54) is 0 Å². The summed E-state index contributed by atoms with van der Waals surface area (Å²) in [7, 11) is 0. The third kappa shape index (κ3) is 5.04. The summed E-state index contributed by atoms with van der Waals surface area (Å²) in [4.78, 5) is 43.6. The molecule has 2 fully saturated rings. The van der Waals surface area contributed by atoms with Gasteiger partial charge in [0.15, 0.2) is 0 Å². The Morgan fingerprint density at radius 1 is 1.13 bits per heavy atom. The van der Waals surface area contributed by atoms with Crippen LogP contribution in [0.15, 0.2) is 59.4 Å². The Morgan fingerprint density at radius 2 is 1.92 bits per heavy atom. The van der Waals surface area contributed by atoms with Crippen molar-refractivity contribution >= 4 is 34.1 Å². The van der Waals surface area contributed by atoms with Gasteiger partial charge >= 0.3 is 4.87 Å². The molecule has 0 bridgehead atoms. The molecule has 9 nitrogen and oxygen atoms in total. The van der Waals surface area contributed by atoms with Gasteiger partial charge in [-0.25, -0.2) is 5.10 Å². The first-order chi connectivity index (χ1) is 18.4. The van der Waals surface area contributed by atoms with E-state index in [1.807, 2.05) is 37.3 Å². The lowest BCUT2D eigenvalue weighted by molar-refractivity contribution is -0.131. The summed E-state index contributed by atoms with van der Waals surface area (Å²) in [6.07, 6.45) is 1.83. The lowest BCUT2D eigenvalue weighted by atomic mass is 10.0. The number of aromatic amines is 1. The number of amides is 2. The number of nitrogens with one attached hydrogen (secondary N) is 2. The van der Waals surface area contributed by atoms with Crippen molar-refractivity contribution in [3.8, 4) is 5.75 Å². The summed E-state index contributed by atoms with van der Waals surface area (Å²) in [5.41, 5.74) is 3.40. The van der Waals surface area contributed by atoms with Crippen LogP contribution in [0.5, 0.6) is 5.75 Å². The van der Waals surface area contributed by atoms with Gasteiger partial charge in [-0.1, -0.05) is 29.5 Å². The molecule has 1 saturated heterocycles. The number of hydrogen-bond donors (Lipinski definition) is 2. The largest absolute Gasteiger partial charge is 0.489 e. The van der Waals surface area contributed by atoms with E-state index in [4.69, 9.17) is 4.74 Å². The first-order valence-corrected chi connectivity index (χ1v) is 13.5. The Morgan fingerprint density at radius 3 is 2.66 bits per heavy atom. The quantitative estimate of drug-likeness (QED) is 0.379. The number of carbonyl (C=O) groups is 2. The molecule has 0 unspecified atom stereocenters. The molecule has 10 heteroatoms. The normalized spacial score (nSPS) is 19.0. The molecule has 1 aliphatic carbocycles. The molecular formula is C28H27N5O4S. The zero-order valence-corrected chi connectivity index (χ0v) is 21.7. The van der Waals surface area contributed by atoms with Crippen molar-refractivity contribution in [2.75, 3.05) is 13.1 Å². The zero-order valence-electron chi connectivity index (χ0n) is 20.8. The van der Waals surface area contributed by atoms with Gasteiger partial charge < -0.3 is 15.0 Å². The second kappa shape index (κ2) is 10.0. The van der Waals surface area contributed by atoms with Crippen LogP contribution in [-0.4, -0.2) is 51.0 Å². The van der Waals surface area contributed by atoms with E-state index in [1.54, 1.807) is 29.2 Å². The van der Waals surface area contributed by atoms with Gasteiger partial charge in [0.2, 0.25) is 5.91 Å². The number of aromatic nitrogens is 3. The fourth-order valence-electron chi connectivity index (χ4n) is 5.00. The van der Waals surface area contributed by atoms with Crippen LogP contribution in [0.25, 0.3) is 10.9 Å². The van der Waals surface area contributed by atoms with Crippen molar-refractivity contribution in [3.63, 3.8) is 0 Å². The molecule has 2 amide bonds. The zero-order chi connectivity index (χ0) is 26.2. The molecule has 3 heterocycles. The highest BCUT2D eigenvalue weighted by atomic mass is 32.1. The number of pyridine rings is 1. The van der Waals surface area contributed by atoms with Crippen LogP contribution < -0.4 is 14.9 Å². The molecule has 194 valence electrons. The minimum Gasteiger partial charge on any atom is -0.489 e. The number of hydrogen-bond acceptors (Lipinski definition) is 7. The van der Waals surface area contributed by atoms with E-state index < -0.39 is 0 Å². The van der Waals surface area contributed by atoms with Gasteiger partial charge in [0.05, 0.1) is 17.5 Å². The summed E-state index contributed by atoms with van der Waals surface area (Å²) < 4.78 is 6.03. The van der Waals surface area contributed by atoms with E-state index in [0.29, 0.717) is 36.0 Å². The third-order valence-electron chi connectivity index (χ3n) is 7.09. The highest BCUT2D eigenvalue weighted by Gasteiger charge is 2.43. The number of likely N-dealkylation sites (tertiary alicyclic amines) is 1. The van der Waals surface area contributed by atoms with E-state index in [0.717, 1.165) is 46.3 Å². The van der Waals surface area contributed by atoms with E-state index >= 15 is 0 Å². The van der Waals surface area contributed by atoms with Crippen molar-refractivity contribution < 1.29 is 14.3 Å². The Balaban J connectivity index is 1.13. The fourth-order valence-corrected chi connectivity index (χ4v) is 5.76. The van der Waals surface area contributed by atoms with E-state index in [2.05, 4.69) is 20.5 Å². The van der Waals surface area contributed by atoms with Crippen LogP contribution in [-0.2, 0) is 11.4 Å². The number of nitrogens with zero attached hydrogens (tertiary/aromatic N) is 3. The van der Waals surface area contributed by atoms with Crippen molar-refractivity contribution in [1.82, 2.24) is 25.4 Å². The number of aryl methyl sites for hydroxylation is 1. The predicted octanol–water partition coefficient (Wildman–Crippen LogP) is 3.40. The van der Waals surface area contributed by atoms with Gasteiger partial charge in [0.1, 0.15) is 17.4 Å². The molecule has 2 aliphatic rings. The molecule has 1 saturated carbocycles. The molecule has 2 aromatic heterocycles. The van der Waals surface area contributed by atoms with Gasteiger partial charge in [-0.05, 0) is 56.2 Å². The molecule has 0 spiro atoms. The number of ether oxygens (including phenoxy) is 1. The number of carbonyl (C=O) groups excluding carboxylic acids is 2. The Bertz CT molecular complexity index is 1560. The minimum atomic E-state index is -0.330. The number of para-hydroxylation sites is 1. The Hall–Kier alpha value is -4.05. The van der Waals surface area contributed by atoms with Crippen LogP contribution in [0.2, 0.25) is 0 Å². The van der Waals surface area contributed by atoms with E-state index in [9.17, 15) is 14.4 Å². The van der Waals surface area contributed by atoms with Crippen LogP contribution in [0.3, 0.4) is 0 Å². The van der Waals surface area contributed by atoms with Gasteiger partial charge in [-0.15, -0.1) is 0 Å². The van der Waals surface area contributed by atoms with Crippen molar-refractivity contribution in [1.29, 1.82) is 0 Å². The lowest BCUT2D eigenvalue weighted by Gasteiger charge is -2.18. The van der Waals surface area contributed by atoms with Crippen LogP contribution in [0.1, 0.15) is 45.4 Å². The monoisotopic (exact) mass is 529 g/mol. The standard InChI is InChI=1S/C28H27N5O4S/c1-16-12-19(21-4-2-3-5-23(21)29-16)15-37-20-10-8-17(9-11-20)25(34)30-24-14-33(27(35)18-6-7-18)13-22(24)26-31-32-28(36)38-26/h2-5,8-12,18,22,24H,6-7,13-15H2,1H3,(H,30,34)(H,32,36)/t22-,24+/m0/s1. The van der Waals surface area contributed by atoms with Crippen LogP contribution >= 0.6 is 11.3 Å². The molecule has 0 radical (unpaired) electrons. The molecule has 2 aromatic carbocycles. The van der Waals surface area contributed by atoms with Gasteiger partial charge in [-0.3, -0.25) is 19.4 Å². The van der Waals surface area contributed by atoms with Crippen molar-refractivity contribution in [3.05, 3.63) is 86.1 Å². The summed E-state index contributed by atoms with van der Waals surface area (Å²) in [6.45, 7) is 3.19. The van der Waals surface area contributed by atoms with Gasteiger partial charge in [0.25, 0.3) is 5.91 Å². The fraction of sp³-hybridized carbons (Fsp3) is 0.321. The topological polar surface area (TPSA) is 117 Å². The Kier molecular flexibility index (Phi) is 6.40. The molecule has 6 rings (SSSR count). The molecule has 38 heavy (non-hydrogen) atoms. The average Bonchev–Trinajstić information content (AvgIpc) is 3.56. The molecular weight excluding hydrogens is 502 g/mol. The SMILES string of the molecule is Cc1cc(COc2ccc(C(=O)N[C@@H]3CN(C(=O)C4CC4)C[C@@H]3c3n[nH]c(=O)s3)cc2)c2ccccc2n1. The highest BCUT2D eigenvalue weighted by Crippen LogP contribution is 2.35. The minimum absolute atomic E-state index is 0.0876. The lowest BCUT2D eigenvalue weighted by Crippen LogP contribution is -2.40. The summed E-state index contributed by atoms with van der Waals surface area (Å²) in [6, 6.07) is 16.7. The second-order valence-corrected chi connectivity index (χ2v) is 10.9. The van der Waals surface area contributed by atoms with Crippen molar-refractivity contribution in [2.24, 2.45) is 5.92 Å². The van der Waals surface area contributed by atoms with Gasteiger partial charge in [0, 0.05) is 41.2 Å². The maximum absolute atomic E-state index is 13.1. The maximum Gasteiger partial charge on any atom is 0.322 e. The summed E-state index contributed by atoms with van der Waals surface area (Å²) >= 11 is 1.02. The number of H-pyrrole nitrogens is 1. The average molecular weight is 530 g/mol. The summed E-state index contributed by atoms with van der Waals surface area (Å²) in [5.74, 6) is 0.386. The first kappa shape index (κ1) is 24.3. The maximum atomic E-state index is 13.1. The van der Waals surface area contributed by atoms with Crippen molar-refractivity contribution in [2.45, 2.75) is 38.3 Å². The third-order valence-corrected chi connectivity index (χ3v) is 7.97. The molecule has 1 aliphatic heterocycles. The molecule has 2 N–H and O–H groups in total. The summed E-state index contributed by atoms with van der Waals surface area (Å²) in [5, 5.41) is 11.3. The molecule has 4 aromatic rings. The Labute approximate surface area is 222 Å². The van der Waals surface area contributed by atoms with Gasteiger partial charge in [-0.2, -0.15) is 5.10 Å². The first-order valence-electron chi connectivity index (χ1n) is 12.7. The van der Waals surface area contributed by atoms with E-state index in [-0.39, 0.29) is 34.6 Å². The van der Waals surface area contributed by atoms with Crippen LogP contribution in [0.4, 0.5) is 0 Å². The second-order valence-electron chi connectivity index (χ2n) is 9.91. The smallest absolute Gasteiger partial charge is 0.322 e. The highest BCUT2D eigenvalue weighted by molar-refractivity contribution is 7.08. The number of rotatable bonds is 7.